The van der Waals surface area contributed by atoms with Crippen LogP contribution in [0.3, 0.4) is 0 Å². The molecular formula is C22H24N2O5. The topological polar surface area (TPSA) is 77.1 Å². The zero-order valence-corrected chi connectivity index (χ0v) is 16.3. The molecule has 2 heterocycles. The number of hydrogen-bond acceptors (Lipinski definition) is 5. The van der Waals surface area contributed by atoms with E-state index in [1.807, 2.05) is 42.5 Å². The van der Waals surface area contributed by atoms with Crippen LogP contribution < -0.4 is 24.4 Å². The molecule has 7 nitrogen and oxygen atoms in total. The minimum atomic E-state index is -0.368. The van der Waals surface area contributed by atoms with Crippen molar-refractivity contribution in [1.82, 2.24) is 5.32 Å². The summed E-state index contributed by atoms with van der Waals surface area (Å²) in [6.07, 6.45) is 1.15. The summed E-state index contributed by atoms with van der Waals surface area (Å²) in [5, 5.41) is 2.92. The van der Waals surface area contributed by atoms with Gasteiger partial charge in [0.05, 0.1) is 12.5 Å². The van der Waals surface area contributed by atoms with Gasteiger partial charge in [-0.25, -0.2) is 0 Å². The number of hydrogen-bond donors (Lipinski definition) is 1. The minimum absolute atomic E-state index is 0.0459. The molecule has 1 atom stereocenters. The van der Waals surface area contributed by atoms with Gasteiger partial charge in [0.15, 0.2) is 11.5 Å². The lowest BCUT2D eigenvalue weighted by molar-refractivity contribution is -0.126. The molecule has 2 aromatic carbocycles. The van der Waals surface area contributed by atoms with Crippen LogP contribution in [0.15, 0.2) is 42.5 Å². The lowest BCUT2D eigenvalue weighted by Gasteiger charge is -2.17. The molecule has 29 heavy (non-hydrogen) atoms. The van der Waals surface area contributed by atoms with E-state index < -0.39 is 0 Å². The van der Waals surface area contributed by atoms with Gasteiger partial charge in [-0.3, -0.25) is 9.59 Å². The number of ether oxygens (including phenoxy) is 3. The Hall–Kier alpha value is -3.22. The Morgan fingerprint density at radius 2 is 1.97 bits per heavy atom. The second kappa shape index (κ2) is 8.43. The monoisotopic (exact) mass is 396 g/mol. The summed E-state index contributed by atoms with van der Waals surface area (Å²) in [5.74, 6) is 1.64. The van der Waals surface area contributed by atoms with Crippen molar-refractivity contribution in [2.45, 2.75) is 26.3 Å². The van der Waals surface area contributed by atoms with Crippen LogP contribution in [0, 0.1) is 5.92 Å². The molecule has 152 valence electrons. The van der Waals surface area contributed by atoms with Crippen molar-refractivity contribution in [1.29, 1.82) is 0 Å². The third kappa shape index (κ3) is 4.29. The first kappa shape index (κ1) is 19.1. The molecule has 0 unspecified atom stereocenters. The van der Waals surface area contributed by atoms with Crippen molar-refractivity contribution < 1.29 is 23.8 Å². The summed E-state index contributed by atoms with van der Waals surface area (Å²) >= 11 is 0. The average molecular weight is 396 g/mol. The first-order valence-corrected chi connectivity index (χ1v) is 9.83. The Morgan fingerprint density at radius 3 is 2.76 bits per heavy atom. The van der Waals surface area contributed by atoms with Crippen molar-refractivity contribution >= 4 is 17.5 Å². The van der Waals surface area contributed by atoms with Gasteiger partial charge in [-0.05, 0) is 48.4 Å². The molecule has 0 aromatic heterocycles. The fourth-order valence-corrected chi connectivity index (χ4v) is 3.46. The number of fused-ring (bicyclic) bond motifs is 1. The number of nitrogens with zero attached hydrogens (tertiary/aromatic N) is 1. The van der Waals surface area contributed by atoms with Gasteiger partial charge in [-0.2, -0.15) is 0 Å². The summed E-state index contributed by atoms with van der Waals surface area (Å²) in [4.78, 5) is 26.7. The minimum Gasteiger partial charge on any atom is -0.494 e. The lowest BCUT2D eigenvalue weighted by atomic mass is 10.1. The van der Waals surface area contributed by atoms with E-state index >= 15 is 0 Å². The number of rotatable bonds is 7. The standard InChI is InChI=1S/C22H24N2O5/c1-2-9-27-18-6-4-17(5-7-18)24-13-16(11-21(24)25)22(26)23-12-15-3-8-19-20(10-15)29-14-28-19/h3-8,10,16H,2,9,11-14H2,1H3,(H,23,26)/t16-/m1/s1. The van der Waals surface area contributed by atoms with E-state index in [-0.39, 0.29) is 30.9 Å². The maximum absolute atomic E-state index is 12.6. The Balaban J connectivity index is 1.33. The fraction of sp³-hybridized carbons (Fsp3) is 0.364. The highest BCUT2D eigenvalue weighted by Crippen LogP contribution is 2.32. The van der Waals surface area contributed by atoms with E-state index in [1.165, 1.54) is 0 Å². The molecule has 0 aliphatic carbocycles. The molecule has 0 saturated carbocycles. The molecule has 2 aliphatic rings. The Morgan fingerprint density at radius 1 is 1.17 bits per heavy atom. The van der Waals surface area contributed by atoms with Crippen LogP contribution in [0.1, 0.15) is 25.3 Å². The molecule has 0 radical (unpaired) electrons. The third-order valence-corrected chi connectivity index (χ3v) is 5.02. The largest absolute Gasteiger partial charge is 0.494 e. The van der Waals surface area contributed by atoms with Crippen molar-refractivity contribution in [2.75, 3.05) is 24.8 Å². The zero-order valence-electron chi connectivity index (χ0n) is 16.3. The molecule has 1 fully saturated rings. The van der Waals surface area contributed by atoms with Crippen LogP contribution in [0.25, 0.3) is 0 Å². The molecule has 1 saturated heterocycles. The van der Waals surface area contributed by atoms with Crippen molar-refractivity contribution in [3.05, 3.63) is 48.0 Å². The number of carbonyl (C=O) groups excluding carboxylic acids is 2. The van der Waals surface area contributed by atoms with E-state index in [9.17, 15) is 9.59 Å². The second-order valence-electron chi connectivity index (χ2n) is 7.15. The Labute approximate surface area is 169 Å². The van der Waals surface area contributed by atoms with Gasteiger partial charge < -0.3 is 24.4 Å². The van der Waals surface area contributed by atoms with E-state index in [0.29, 0.717) is 31.2 Å². The molecule has 2 aliphatic heterocycles. The van der Waals surface area contributed by atoms with Gasteiger partial charge in [-0.1, -0.05) is 13.0 Å². The van der Waals surface area contributed by atoms with E-state index in [1.54, 1.807) is 4.90 Å². The van der Waals surface area contributed by atoms with Gasteiger partial charge in [-0.15, -0.1) is 0 Å². The first-order valence-electron chi connectivity index (χ1n) is 9.83. The number of amides is 2. The van der Waals surface area contributed by atoms with Gasteiger partial charge in [0.1, 0.15) is 5.75 Å². The molecule has 0 spiro atoms. The van der Waals surface area contributed by atoms with Crippen molar-refractivity contribution in [3.8, 4) is 17.2 Å². The highest BCUT2D eigenvalue weighted by Gasteiger charge is 2.35. The van der Waals surface area contributed by atoms with Crippen LogP contribution in [-0.4, -0.2) is 31.8 Å². The van der Waals surface area contributed by atoms with Gasteiger partial charge in [0, 0.05) is 25.2 Å². The number of nitrogens with one attached hydrogen (secondary N) is 1. The summed E-state index contributed by atoms with van der Waals surface area (Å²) < 4.78 is 16.2. The zero-order chi connectivity index (χ0) is 20.2. The predicted molar refractivity (Wildman–Crippen MR) is 107 cm³/mol. The van der Waals surface area contributed by atoms with Crippen LogP contribution in [0.2, 0.25) is 0 Å². The van der Waals surface area contributed by atoms with E-state index in [2.05, 4.69) is 12.2 Å². The average Bonchev–Trinajstić information content (AvgIpc) is 3.37. The second-order valence-corrected chi connectivity index (χ2v) is 7.15. The molecule has 1 N–H and O–H groups in total. The smallest absolute Gasteiger partial charge is 0.231 e. The van der Waals surface area contributed by atoms with Crippen LogP contribution in [-0.2, 0) is 16.1 Å². The molecule has 2 amide bonds. The van der Waals surface area contributed by atoms with Gasteiger partial charge in [0.25, 0.3) is 0 Å². The molecule has 2 aromatic rings. The maximum atomic E-state index is 12.6. The molecular weight excluding hydrogens is 372 g/mol. The summed E-state index contributed by atoms with van der Waals surface area (Å²) in [5.41, 5.74) is 1.70. The number of carbonyl (C=O) groups is 2. The van der Waals surface area contributed by atoms with E-state index in [4.69, 9.17) is 14.2 Å². The quantitative estimate of drug-likeness (QED) is 0.779. The lowest BCUT2D eigenvalue weighted by Crippen LogP contribution is -2.32. The Bertz CT molecular complexity index is 897. The van der Waals surface area contributed by atoms with Gasteiger partial charge >= 0.3 is 0 Å². The summed E-state index contributed by atoms with van der Waals surface area (Å²) in [6.45, 7) is 3.68. The normalized spacial score (nSPS) is 17.5. The third-order valence-electron chi connectivity index (χ3n) is 5.02. The van der Waals surface area contributed by atoms with Crippen molar-refractivity contribution in [3.63, 3.8) is 0 Å². The Kier molecular flexibility index (Phi) is 5.55. The highest BCUT2D eigenvalue weighted by molar-refractivity contribution is 6.00. The summed E-state index contributed by atoms with van der Waals surface area (Å²) in [7, 11) is 0. The predicted octanol–water partition coefficient (Wildman–Crippen LogP) is 2.87. The van der Waals surface area contributed by atoms with Crippen molar-refractivity contribution in [2.24, 2.45) is 5.92 Å². The van der Waals surface area contributed by atoms with Crippen LogP contribution in [0.5, 0.6) is 17.2 Å². The van der Waals surface area contributed by atoms with Gasteiger partial charge in [0.2, 0.25) is 18.6 Å². The molecule has 7 heteroatoms. The van der Waals surface area contributed by atoms with Crippen LogP contribution >= 0.6 is 0 Å². The summed E-state index contributed by atoms with van der Waals surface area (Å²) in [6, 6.07) is 13.0. The molecule has 4 rings (SSSR count). The number of anilines is 1. The first-order chi connectivity index (χ1) is 14.1. The van der Waals surface area contributed by atoms with Crippen LogP contribution in [0.4, 0.5) is 5.69 Å². The maximum Gasteiger partial charge on any atom is 0.231 e. The van der Waals surface area contributed by atoms with E-state index in [0.717, 1.165) is 23.4 Å². The SMILES string of the molecule is CCCOc1ccc(N2C[C@H](C(=O)NCc3ccc4c(c3)OCO4)CC2=O)cc1. The number of benzene rings is 2. The molecule has 0 bridgehead atoms. The highest BCUT2D eigenvalue weighted by atomic mass is 16.7. The fourth-order valence-electron chi connectivity index (χ4n) is 3.46.